The zero-order valence-corrected chi connectivity index (χ0v) is 23.7. The van der Waals surface area contributed by atoms with Gasteiger partial charge < -0.3 is 25.2 Å². The number of aromatic carboxylic acids is 1. The number of hydroxylamine groups is 1. The fourth-order valence-corrected chi connectivity index (χ4v) is 5.30. The number of likely N-dealkylation sites (N-methyl/N-ethyl adjacent to an activating group) is 1. The fourth-order valence-electron chi connectivity index (χ4n) is 4.31. The standard InChI is InChI=1S/C29H32N4O7S/c1-19-17-24-25(18-23(19)29(36)37)31-28(35)26(24)27(20-7-5-4-6-8-20)30-21-9-11-22(12-10-21)41(38,39)33(3)40-16-14-32(2)13-15-34/h4-12,17-18,31,34-35H,13-16H2,1-3H3,(H,36,37). The molecule has 0 aliphatic carbocycles. The van der Waals surface area contributed by atoms with Gasteiger partial charge in [0.25, 0.3) is 10.0 Å². The lowest BCUT2D eigenvalue weighted by Gasteiger charge is -2.19. The van der Waals surface area contributed by atoms with Crippen molar-refractivity contribution in [2.24, 2.45) is 4.99 Å². The summed E-state index contributed by atoms with van der Waals surface area (Å²) in [6, 6.07) is 18.3. The van der Waals surface area contributed by atoms with Crippen LogP contribution in [0.1, 0.15) is 27.0 Å². The summed E-state index contributed by atoms with van der Waals surface area (Å²) in [6.07, 6.45) is 0. The van der Waals surface area contributed by atoms with E-state index in [1.807, 2.05) is 35.2 Å². The summed E-state index contributed by atoms with van der Waals surface area (Å²) in [5.74, 6) is -1.25. The summed E-state index contributed by atoms with van der Waals surface area (Å²) >= 11 is 0. The molecule has 0 amide bonds. The Hall–Kier alpha value is -4.07. The van der Waals surface area contributed by atoms with E-state index in [-0.39, 0.29) is 29.6 Å². The molecule has 216 valence electrons. The average Bonchev–Trinajstić information content (AvgIpc) is 3.26. The maximum atomic E-state index is 13.0. The van der Waals surface area contributed by atoms with Crippen molar-refractivity contribution in [1.82, 2.24) is 14.4 Å². The number of hydrogen-bond donors (Lipinski definition) is 4. The number of aryl methyl sites for hydroxylation is 1. The van der Waals surface area contributed by atoms with Crippen LogP contribution < -0.4 is 0 Å². The third-order valence-electron chi connectivity index (χ3n) is 6.58. The maximum Gasteiger partial charge on any atom is 0.336 e. The molecule has 1 aromatic heterocycles. The quantitative estimate of drug-likeness (QED) is 0.147. The molecule has 0 bridgehead atoms. The second-order valence-electron chi connectivity index (χ2n) is 9.46. The number of aliphatic hydroxyl groups is 1. The highest BCUT2D eigenvalue weighted by Crippen LogP contribution is 2.33. The number of fused-ring (bicyclic) bond motifs is 1. The number of aromatic hydroxyl groups is 1. The molecule has 0 aliphatic heterocycles. The van der Waals surface area contributed by atoms with E-state index in [0.29, 0.717) is 52.1 Å². The van der Waals surface area contributed by atoms with Crippen LogP contribution in [0.25, 0.3) is 10.9 Å². The first kappa shape index (κ1) is 29.9. The molecule has 0 spiro atoms. The third-order valence-corrected chi connectivity index (χ3v) is 8.23. The summed E-state index contributed by atoms with van der Waals surface area (Å²) < 4.78 is 26.8. The van der Waals surface area contributed by atoms with Crippen molar-refractivity contribution in [1.29, 1.82) is 0 Å². The predicted octanol–water partition coefficient (Wildman–Crippen LogP) is 3.53. The van der Waals surface area contributed by atoms with Gasteiger partial charge in [-0.3, -0.25) is 4.84 Å². The zero-order valence-electron chi connectivity index (χ0n) is 22.9. The van der Waals surface area contributed by atoms with E-state index in [4.69, 9.17) is 14.9 Å². The van der Waals surface area contributed by atoms with Crippen LogP contribution in [0.5, 0.6) is 5.88 Å². The number of aliphatic imine (C=N–C) groups is 1. The molecule has 4 N–H and O–H groups in total. The minimum absolute atomic E-state index is 0.00330. The summed E-state index contributed by atoms with van der Waals surface area (Å²) in [5, 5.41) is 30.0. The van der Waals surface area contributed by atoms with Crippen molar-refractivity contribution >= 4 is 38.3 Å². The SMILES string of the molecule is Cc1cc2c(C(=Nc3ccc(S(=O)(=O)N(C)OCCN(C)CCO)cc3)c3ccccc3)c(O)[nH]c2cc1C(=O)O. The normalized spacial score (nSPS) is 12.5. The molecule has 0 saturated heterocycles. The van der Waals surface area contributed by atoms with E-state index in [1.54, 1.807) is 32.2 Å². The first-order valence-electron chi connectivity index (χ1n) is 12.8. The summed E-state index contributed by atoms with van der Waals surface area (Å²) in [6.45, 7) is 2.69. The molecule has 4 rings (SSSR count). The number of H-pyrrole nitrogens is 1. The van der Waals surface area contributed by atoms with Gasteiger partial charge in [0, 0.05) is 36.6 Å². The number of nitrogens with one attached hydrogen (secondary N) is 1. The number of aromatic nitrogens is 1. The molecule has 0 atom stereocenters. The average molecular weight is 581 g/mol. The van der Waals surface area contributed by atoms with Crippen LogP contribution in [0.4, 0.5) is 5.69 Å². The van der Waals surface area contributed by atoms with Crippen LogP contribution in [0.2, 0.25) is 0 Å². The smallest absolute Gasteiger partial charge is 0.336 e. The van der Waals surface area contributed by atoms with Crippen LogP contribution in [-0.4, -0.2) is 90.2 Å². The summed E-state index contributed by atoms with van der Waals surface area (Å²) in [7, 11) is -0.828. The summed E-state index contributed by atoms with van der Waals surface area (Å²) in [4.78, 5) is 26.5. The molecular weight excluding hydrogens is 548 g/mol. The largest absolute Gasteiger partial charge is 0.494 e. The van der Waals surface area contributed by atoms with Crippen molar-refractivity contribution in [3.05, 3.63) is 89.0 Å². The lowest BCUT2D eigenvalue weighted by atomic mass is 9.98. The van der Waals surface area contributed by atoms with Gasteiger partial charge in [0.1, 0.15) is 0 Å². The number of hydrogen-bond acceptors (Lipinski definition) is 8. The van der Waals surface area contributed by atoms with Crippen LogP contribution in [0, 0.1) is 6.92 Å². The third kappa shape index (κ3) is 6.64. The minimum Gasteiger partial charge on any atom is -0.494 e. The van der Waals surface area contributed by atoms with E-state index < -0.39 is 16.0 Å². The number of carboxylic acid groups (broad SMARTS) is 1. The topological polar surface area (TPSA) is 156 Å². The van der Waals surface area contributed by atoms with Gasteiger partial charge in [0.2, 0.25) is 0 Å². The Morgan fingerprint density at radius 2 is 1.71 bits per heavy atom. The van der Waals surface area contributed by atoms with Crippen LogP contribution >= 0.6 is 0 Å². The molecule has 0 aliphatic rings. The number of aliphatic hydroxyl groups excluding tert-OH is 1. The van der Waals surface area contributed by atoms with Gasteiger partial charge in [-0.2, -0.15) is 0 Å². The lowest BCUT2D eigenvalue weighted by Crippen LogP contribution is -2.32. The zero-order chi connectivity index (χ0) is 29.7. The highest BCUT2D eigenvalue weighted by atomic mass is 32.2. The van der Waals surface area contributed by atoms with Gasteiger partial charge in [0.05, 0.1) is 40.6 Å². The number of carbonyl (C=O) groups is 1. The van der Waals surface area contributed by atoms with Crippen LogP contribution in [0.15, 0.2) is 76.6 Å². The minimum atomic E-state index is -3.94. The van der Waals surface area contributed by atoms with Gasteiger partial charge in [-0.05, 0) is 55.9 Å². The Bertz CT molecular complexity index is 1670. The number of aromatic amines is 1. The molecule has 12 heteroatoms. The molecule has 1 heterocycles. The van der Waals surface area contributed by atoms with Gasteiger partial charge in [-0.25, -0.2) is 18.2 Å². The molecule has 0 fully saturated rings. The second-order valence-corrected chi connectivity index (χ2v) is 11.4. The van der Waals surface area contributed by atoms with E-state index >= 15 is 0 Å². The van der Waals surface area contributed by atoms with E-state index in [2.05, 4.69) is 4.98 Å². The highest BCUT2D eigenvalue weighted by molar-refractivity contribution is 7.89. The van der Waals surface area contributed by atoms with Crippen molar-refractivity contribution in [3.8, 4) is 5.88 Å². The van der Waals surface area contributed by atoms with Gasteiger partial charge in [-0.1, -0.05) is 34.8 Å². The lowest BCUT2D eigenvalue weighted by molar-refractivity contribution is -0.0705. The number of benzene rings is 3. The Morgan fingerprint density at radius 1 is 1.02 bits per heavy atom. The van der Waals surface area contributed by atoms with E-state index in [1.165, 1.54) is 25.2 Å². The molecule has 3 aromatic carbocycles. The Balaban J connectivity index is 1.69. The Morgan fingerprint density at radius 3 is 2.34 bits per heavy atom. The number of sulfonamides is 1. The van der Waals surface area contributed by atoms with Gasteiger partial charge in [0.15, 0.2) is 5.88 Å². The molecule has 11 nitrogen and oxygen atoms in total. The molecular formula is C29H32N4O7S. The van der Waals surface area contributed by atoms with Crippen LogP contribution in [0.3, 0.4) is 0 Å². The monoisotopic (exact) mass is 580 g/mol. The molecule has 0 saturated carbocycles. The second kappa shape index (κ2) is 12.6. The maximum absolute atomic E-state index is 13.0. The van der Waals surface area contributed by atoms with Crippen molar-refractivity contribution in [3.63, 3.8) is 0 Å². The Labute approximate surface area is 238 Å². The van der Waals surface area contributed by atoms with Crippen molar-refractivity contribution in [2.45, 2.75) is 11.8 Å². The fraction of sp³-hybridized carbons (Fsp3) is 0.241. The first-order valence-corrected chi connectivity index (χ1v) is 14.2. The first-order chi connectivity index (χ1) is 19.5. The van der Waals surface area contributed by atoms with Crippen molar-refractivity contribution < 1.29 is 33.4 Å². The number of rotatable bonds is 12. The van der Waals surface area contributed by atoms with Gasteiger partial charge >= 0.3 is 5.97 Å². The van der Waals surface area contributed by atoms with Crippen molar-refractivity contribution in [2.75, 3.05) is 40.4 Å². The highest BCUT2D eigenvalue weighted by Gasteiger charge is 2.23. The molecule has 0 radical (unpaired) electrons. The number of carboxylic acids is 1. The van der Waals surface area contributed by atoms with Crippen LogP contribution in [-0.2, 0) is 14.9 Å². The van der Waals surface area contributed by atoms with E-state index in [0.717, 1.165) is 4.47 Å². The summed E-state index contributed by atoms with van der Waals surface area (Å²) in [5.41, 5.74) is 3.02. The van der Waals surface area contributed by atoms with Gasteiger partial charge in [-0.15, -0.1) is 0 Å². The molecule has 4 aromatic rings. The molecule has 0 unspecified atom stereocenters. The Kier molecular flexibility index (Phi) is 9.21. The number of nitrogens with zero attached hydrogens (tertiary/aromatic N) is 3. The molecule has 41 heavy (non-hydrogen) atoms. The van der Waals surface area contributed by atoms with E-state index in [9.17, 15) is 23.4 Å². The predicted molar refractivity (Wildman–Crippen MR) is 155 cm³/mol.